The Morgan fingerprint density at radius 2 is 1.12 bits per heavy atom. The zero-order valence-corrected chi connectivity index (χ0v) is 17.5. The highest BCUT2D eigenvalue weighted by Gasteiger charge is 2.57. The van der Waals surface area contributed by atoms with Gasteiger partial charge in [0.25, 0.3) is 5.79 Å². The molecule has 4 heteroatoms. The van der Waals surface area contributed by atoms with E-state index in [2.05, 4.69) is 19.1 Å². The summed E-state index contributed by atoms with van der Waals surface area (Å²) >= 11 is 0. The van der Waals surface area contributed by atoms with Crippen molar-refractivity contribution in [3.05, 3.63) is 96.1 Å². The molecule has 4 aromatic carbocycles. The Labute approximate surface area is 185 Å². The summed E-state index contributed by atoms with van der Waals surface area (Å²) in [6, 6.07) is 27.6. The maximum Gasteiger partial charge on any atom is 0.286 e. The molecular formula is C28H20O4. The highest BCUT2D eigenvalue weighted by atomic mass is 16.7. The Kier molecular flexibility index (Phi) is 3.24. The van der Waals surface area contributed by atoms with Gasteiger partial charge in [0.05, 0.1) is 12.0 Å². The maximum atomic E-state index is 11.0. The Balaban J connectivity index is 1.51. The first-order valence-corrected chi connectivity index (χ1v) is 10.8. The molecule has 1 N–H and O–H groups in total. The van der Waals surface area contributed by atoms with Gasteiger partial charge in [0.15, 0.2) is 0 Å². The zero-order chi connectivity index (χ0) is 21.5. The number of phenols is 1. The van der Waals surface area contributed by atoms with Gasteiger partial charge in [-0.25, -0.2) is 0 Å². The van der Waals surface area contributed by atoms with Crippen LogP contribution in [0, 0.1) is 0 Å². The highest BCUT2D eigenvalue weighted by molar-refractivity contribution is 5.81. The molecule has 0 unspecified atom stereocenters. The van der Waals surface area contributed by atoms with E-state index in [1.165, 1.54) is 0 Å². The van der Waals surface area contributed by atoms with Crippen LogP contribution in [-0.4, -0.2) is 5.11 Å². The van der Waals surface area contributed by atoms with Gasteiger partial charge in [-0.2, -0.15) is 0 Å². The van der Waals surface area contributed by atoms with Crippen molar-refractivity contribution in [2.24, 2.45) is 0 Å². The quantitative estimate of drug-likeness (QED) is 0.359. The van der Waals surface area contributed by atoms with Crippen molar-refractivity contribution < 1.29 is 19.3 Å². The number of hydrogen-bond donors (Lipinski definition) is 1. The monoisotopic (exact) mass is 420 g/mol. The minimum atomic E-state index is -1.22. The van der Waals surface area contributed by atoms with Crippen LogP contribution >= 0.6 is 0 Å². The van der Waals surface area contributed by atoms with Crippen LogP contribution in [0.25, 0.3) is 22.3 Å². The van der Waals surface area contributed by atoms with Crippen LogP contribution in [0.1, 0.15) is 24.5 Å². The average Bonchev–Trinajstić information content (AvgIpc) is 2.79. The maximum absolute atomic E-state index is 11.0. The normalized spacial score (nSPS) is 23.5. The Morgan fingerprint density at radius 3 is 1.88 bits per heavy atom. The van der Waals surface area contributed by atoms with Crippen molar-refractivity contribution in [2.45, 2.75) is 24.7 Å². The lowest BCUT2D eigenvalue weighted by atomic mass is 9.75. The molecule has 3 aliphatic rings. The summed E-state index contributed by atoms with van der Waals surface area (Å²) in [6.45, 7) is 2.08. The highest BCUT2D eigenvalue weighted by Crippen LogP contribution is 2.60. The van der Waals surface area contributed by atoms with Gasteiger partial charge in [-0.3, -0.25) is 0 Å². The summed E-state index contributed by atoms with van der Waals surface area (Å²) in [7, 11) is 0. The fourth-order valence-electron chi connectivity index (χ4n) is 5.61. The molecule has 0 radical (unpaired) electrons. The number of para-hydroxylation sites is 2. The zero-order valence-electron chi connectivity index (χ0n) is 17.5. The summed E-state index contributed by atoms with van der Waals surface area (Å²) in [6.07, 6.45) is 0.386. The number of rotatable bonds is 0. The molecule has 0 amide bonds. The molecule has 156 valence electrons. The molecule has 1 spiro atoms. The number of fused-ring (bicyclic) bond motifs is 6. The molecule has 3 heterocycles. The fourth-order valence-corrected chi connectivity index (χ4v) is 5.61. The third-order valence-corrected chi connectivity index (χ3v) is 6.79. The lowest BCUT2D eigenvalue weighted by Crippen LogP contribution is -2.53. The van der Waals surface area contributed by atoms with Crippen LogP contribution in [0.4, 0.5) is 0 Å². The summed E-state index contributed by atoms with van der Waals surface area (Å²) in [4.78, 5) is 0. The van der Waals surface area contributed by atoms with Crippen LogP contribution in [-0.2, 0) is 11.4 Å². The van der Waals surface area contributed by atoms with Gasteiger partial charge in [0.1, 0.15) is 28.6 Å². The van der Waals surface area contributed by atoms with E-state index in [0.717, 1.165) is 39.3 Å². The van der Waals surface area contributed by atoms with Crippen molar-refractivity contribution in [3.63, 3.8) is 0 Å². The molecule has 0 bridgehead atoms. The number of benzene rings is 4. The second kappa shape index (κ2) is 5.86. The molecule has 2 atom stereocenters. The molecule has 4 nitrogen and oxygen atoms in total. The summed E-state index contributed by atoms with van der Waals surface area (Å²) < 4.78 is 20.0. The smallest absolute Gasteiger partial charge is 0.286 e. The van der Waals surface area contributed by atoms with Gasteiger partial charge >= 0.3 is 0 Å². The van der Waals surface area contributed by atoms with Crippen LogP contribution in [0.15, 0.2) is 84.9 Å². The lowest BCUT2D eigenvalue weighted by Gasteiger charge is -2.50. The fraction of sp³-hybridized carbons (Fsp3) is 0.143. The van der Waals surface area contributed by atoms with Crippen molar-refractivity contribution in [1.29, 1.82) is 0 Å². The van der Waals surface area contributed by atoms with Gasteiger partial charge in [-0.1, -0.05) is 60.7 Å². The minimum absolute atomic E-state index is 0.149. The standard InChI is InChI=1S/C28H20O4/c1-27-16-28(25-19(10-6-12-21(25)29)17-8-3-5-14-23(17)31-28)32-24-15-7-11-20(26(24)27)18-9-2-4-13-22(18)30-27/h2-15,29H,16H2,1H3/t27-,28-/m0/s1. The van der Waals surface area contributed by atoms with E-state index in [4.69, 9.17) is 14.2 Å². The lowest BCUT2D eigenvalue weighted by molar-refractivity contribution is -0.180. The van der Waals surface area contributed by atoms with Gasteiger partial charge < -0.3 is 19.3 Å². The predicted octanol–water partition coefficient (Wildman–Crippen LogP) is 6.36. The third-order valence-electron chi connectivity index (χ3n) is 6.79. The molecule has 3 aliphatic heterocycles. The van der Waals surface area contributed by atoms with E-state index in [1.54, 1.807) is 6.07 Å². The molecular weight excluding hydrogens is 400 g/mol. The van der Waals surface area contributed by atoms with Crippen LogP contribution in [0.2, 0.25) is 0 Å². The Hall–Kier alpha value is -3.92. The molecule has 0 saturated carbocycles. The Morgan fingerprint density at radius 1 is 0.594 bits per heavy atom. The van der Waals surface area contributed by atoms with Gasteiger partial charge in [-0.05, 0) is 36.8 Å². The largest absolute Gasteiger partial charge is 0.507 e. The molecule has 0 aromatic heterocycles. The van der Waals surface area contributed by atoms with E-state index in [0.29, 0.717) is 17.7 Å². The number of phenolic OH excluding ortho intramolecular Hbond substituents is 1. The first kappa shape index (κ1) is 17.7. The van der Waals surface area contributed by atoms with Crippen LogP contribution < -0.4 is 14.2 Å². The minimum Gasteiger partial charge on any atom is -0.507 e. The average molecular weight is 420 g/mol. The van der Waals surface area contributed by atoms with Gasteiger partial charge in [0.2, 0.25) is 0 Å². The Bertz CT molecular complexity index is 1420. The summed E-state index contributed by atoms with van der Waals surface area (Å²) in [5, 5.41) is 11.0. The molecule has 0 saturated heterocycles. The SMILES string of the molecule is C[C@]12C[C@]3(Oc4ccccc4-c4cccc(O)c43)Oc3cccc(c31)-c1ccccc1O2. The molecule has 4 aromatic rings. The molecule has 0 fully saturated rings. The topological polar surface area (TPSA) is 47.9 Å². The van der Waals surface area contributed by atoms with Crippen molar-refractivity contribution in [1.82, 2.24) is 0 Å². The third kappa shape index (κ3) is 2.16. The van der Waals surface area contributed by atoms with E-state index in [-0.39, 0.29) is 5.75 Å². The number of hydrogen-bond acceptors (Lipinski definition) is 4. The molecule has 32 heavy (non-hydrogen) atoms. The summed E-state index contributed by atoms with van der Waals surface area (Å²) in [5.74, 6) is 1.20. The second-order valence-corrected chi connectivity index (χ2v) is 8.84. The first-order chi connectivity index (χ1) is 15.6. The number of aromatic hydroxyl groups is 1. The van der Waals surface area contributed by atoms with E-state index in [9.17, 15) is 5.11 Å². The molecule has 0 aliphatic carbocycles. The predicted molar refractivity (Wildman–Crippen MR) is 121 cm³/mol. The van der Waals surface area contributed by atoms with E-state index < -0.39 is 11.4 Å². The summed E-state index contributed by atoms with van der Waals surface area (Å²) in [5.41, 5.74) is 4.96. The van der Waals surface area contributed by atoms with Crippen LogP contribution in [0.3, 0.4) is 0 Å². The van der Waals surface area contributed by atoms with Crippen molar-refractivity contribution >= 4 is 0 Å². The van der Waals surface area contributed by atoms with E-state index in [1.807, 2.05) is 66.7 Å². The molecule has 7 rings (SSSR count). The van der Waals surface area contributed by atoms with E-state index >= 15 is 0 Å². The van der Waals surface area contributed by atoms with Crippen LogP contribution in [0.5, 0.6) is 23.0 Å². The second-order valence-electron chi connectivity index (χ2n) is 8.84. The van der Waals surface area contributed by atoms with Gasteiger partial charge in [-0.15, -0.1) is 0 Å². The van der Waals surface area contributed by atoms with Gasteiger partial charge in [0, 0.05) is 22.3 Å². The number of ether oxygens (including phenoxy) is 3. The van der Waals surface area contributed by atoms with Crippen molar-refractivity contribution in [3.8, 4) is 45.3 Å². The van der Waals surface area contributed by atoms with Crippen molar-refractivity contribution in [2.75, 3.05) is 0 Å². The first-order valence-electron chi connectivity index (χ1n) is 10.8.